The minimum Gasteiger partial charge on any atom is -0.366 e. The van der Waals surface area contributed by atoms with E-state index in [-0.39, 0.29) is 0 Å². The molecule has 1 unspecified atom stereocenters. The second-order valence-corrected chi connectivity index (χ2v) is 4.03. The van der Waals surface area contributed by atoms with Crippen LogP contribution in [-0.4, -0.2) is 21.9 Å². The molecule has 0 radical (unpaired) electrons. The van der Waals surface area contributed by atoms with E-state index in [0.717, 1.165) is 30.0 Å². The summed E-state index contributed by atoms with van der Waals surface area (Å²) in [5, 5.41) is 3.34. The lowest BCUT2D eigenvalue weighted by molar-refractivity contribution is 0.670. The van der Waals surface area contributed by atoms with Crippen LogP contribution in [0.3, 0.4) is 0 Å². The zero-order valence-corrected chi connectivity index (χ0v) is 10.3. The first-order valence-corrected chi connectivity index (χ1v) is 5.83. The van der Waals surface area contributed by atoms with Crippen molar-refractivity contribution in [2.75, 3.05) is 11.2 Å². The lowest BCUT2D eigenvalue weighted by Crippen LogP contribution is -2.20. The van der Waals surface area contributed by atoms with Gasteiger partial charge >= 0.3 is 0 Å². The van der Waals surface area contributed by atoms with Gasteiger partial charge in [-0.1, -0.05) is 6.92 Å². The SMILES string of the molecule is CCC(CCCl)Nc1cnc(C)c(C)n1. The highest BCUT2D eigenvalue weighted by molar-refractivity contribution is 6.17. The van der Waals surface area contributed by atoms with Gasteiger partial charge in [-0.25, -0.2) is 4.98 Å². The number of aryl methyl sites for hydroxylation is 2. The maximum Gasteiger partial charge on any atom is 0.145 e. The number of nitrogens with zero attached hydrogens (tertiary/aromatic N) is 2. The normalized spacial score (nSPS) is 12.5. The van der Waals surface area contributed by atoms with Crippen LogP contribution in [0.25, 0.3) is 0 Å². The van der Waals surface area contributed by atoms with Gasteiger partial charge in [0.05, 0.1) is 17.6 Å². The molecule has 0 aliphatic carbocycles. The number of alkyl halides is 1. The molecule has 15 heavy (non-hydrogen) atoms. The van der Waals surface area contributed by atoms with Crippen molar-refractivity contribution in [3.63, 3.8) is 0 Å². The quantitative estimate of drug-likeness (QED) is 0.786. The molecule has 1 rings (SSSR count). The van der Waals surface area contributed by atoms with E-state index in [4.69, 9.17) is 11.6 Å². The third kappa shape index (κ3) is 3.67. The third-order valence-corrected chi connectivity index (χ3v) is 2.71. The van der Waals surface area contributed by atoms with Crippen molar-refractivity contribution in [3.8, 4) is 0 Å². The van der Waals surface area contributed by atoms with E-state index in [1.54, 1.807) is 6.20 Å². The first-order valence-electron chi connectivity index (χ1n) is 5.30. The number of hydrogen-bond acceptors (Lipinski definition) is 3. The van der Waals surface area contributed by atoms with Gasteiger partial charge in [-0.3, -0.25) is 4.98 Å². The highest BCUT2D eigenvalue weighted by Crippen LogP contribution is 2.10. The average molecular weight is 228 g/mol. The number of anilines is 1. The number of hydrogen-bond donors (Lipinski definition) is 1. The second kappa shape index (κ2) is 5.91. The molecule has 1 heterocycles. The summed E-state index contributed by atoms with van der Waals surface area (Å²) >= 11 is 5.72. The standard InChI is InChI=1S/C11H18ClN3/c1-4-10(5-6-12)15-11-7-13-8(2)9(3)14-11/h7,10H,4-6H2,1-3H3,(H,14,15). The summed E-state index contributed by atoms with van der Waals surface area (Å²) in [6, 6.07) is 0.388. The molecule has 0 aliphatic rings. The third-order valence-electron chi connectivity index (χ3n) is 2.49. The fraction of sp³-hybridized carbons (Fsp3) is 0.636. The lowest BCUT2D eigenvalue weighted by atomic mass is 10.2. The fourth-order valence-corrected chi connectivity index (χ4v) is 1.59. The van der Waals surface area contributed by atoms with Crippen molar-refractivity contribution < 1.29 is 0 Å². The van der Waals surface area contributed by atoms with E-state index < -0.39 is 0 Å². The minimum atomic E-state index is 0.388. The molecule has 0 spiro atoms. The van der Waals surface area contributed by atoms with Gasteiger partial charge in [-0.05, 0) is 26.7 Å². The summed E-state index contributed by atoms with van der Waals surface area (Å²) < 4.78 is 0. The van der Waals surface area contributed by atoms with Crippen LogP contribution in [0.15, 0.2) is 6.20 Å². The largest absolute Gasteiger partial charge is 0.366 e. The van der Waals surface area contributed by atoms with Crippen LogP contribution in [0.2, 0.25) is 0 Å². The maximum absolute atomic E-state index is 5.72. The Morgan fingerprint density at radius 3 is 2.67 bits per heavy atom. The van der Waals surface area contributed by atoms with Gasteiger partial charge in [-0.2, -0.15) is 0 Å². The molecule has 0 aliphatic heterocycles. The second-order valence-electron chi connectivity index (χ2n) is 3.65. The van der Waals surface area contributed by atoms with E-state index >= 15 is 0 Å². The molecule has 1 aromatic heterocycles. The lowest BCUT2D eigenvalue weighted by Gasteiger charge is -2.16. The van der Waals surface area contributed by atoms with Crippen molar-refractivity contribution in [2.24, 2.45) is 0 Å². The summed E-state index contributed by atoms with van der Waals surface area (Å²) in [7, 11) is 0. The Labute approximate surface area is 96.3 Å². The van der Waals surface area contributed by atoms with Gasteiger partial charge < -0.3 is 5.32 Å². The first kappa shape index (κ1) is 12.2. The van der Waals surface area contributed by atoms with Crippen LogP contribution >= 0.6 is 11.6 Å². The van der Waals surface area contributed by atoms with Gasteiger partial charge in [0.2, 0.25) is 0 Å². The van der Waals surface area contributed by atoms with Crippen molar-refractivity contribution >= 4 is 17.4 Å². The van der Waals surface area contributed by atoms with E-state index in [9.17, 15) is 0 Å². The molecule has 0 amide bonds. The Morgan fingerprint density at radius 1 is 1.40 bits per heavy atom. The molecule has 0 fully saturated rings. The van der Waals surface area contributed by atoms with Crippen LogP contribution in [0.4, 0.5) is 5.82 Å². The molecule has 84 valence electrons. The number of rotatable bonds is 5. The Hall–Kier alpha value is -0.830. The predicted molar refractivity (Wildman–Crippen MR) is 64.5 cm³/mol. The zero-order valence-electron chi connectivity index (χ0n) is 9.55. The van der Waals surface area contributed by atoms with Crippen molar-refractivity contribution in [3.05, 3.63) is 17.6 Å². The van der Waals surface area contributed by atoms with E-state index in [1.807, 2.05) is 13.8 Å². The maximum atomic E-state index is 5.72. The Bertz CT molecular complexity index is 315. The van der Waals surface area contributed by atoms with Gasteiger partial charge in [0.25, 0.3) is 0 Å². The van der Waals surface area contributed by atoms with E-state index in [2.05, 4.69) is 22.2 Å². The van der Waals surface area contributed by atoms with Crippen LogP contribution in [0.1, 0.15) is 31.2 Å². The molecule has 0 bridgehead atoms. The number of halogens is 1. The Kier molecular flexibility index (Phi) is 4.82. The van der Waals surface area contributed by atoms with Gasteiger partial charge in [0.15, 0.2) is 0 Å². The molecule has 1 atom stereocenters. The molecule has 4 heteroatoms. The van der Waals surface area contributed by atoms with Crippen LogP contribution in [-0.2, 0) is 0 Å². The van der Waals surface area contributed by atoms with Gasteiger partial charge in [0.1, 0.15) is 5.82 Å². The molecule has 1 N–H and O–H groups in total. The van der Waals surface area contributed by atoms with Crippen LogP contribution in [0, 0.1) is 13.8 Å². The van der Waals surface area contributed by atoms with Crippen molar-refractivity contribution in [1.29, 1.82) is 0 Å². The highest BCUT2D eigenvalue weighted by Gasteiger charge is 2.06. The van der Waals surface area contributed by atoms with Gasteiger partial charge in [-0.15, -0.1) is 11.6 Å². The molecule has 0 saturated carbocycles. The van der Waals surface area contributed by atoms with E-state index in [1.165, 1.54) is 0 Å². The number of aromatic nitrogens is 2. The summed E-state index contributed by atoms with van der Waals surface area (Å²) in [4.78, 5) is 8.69. The molecule has 0 aromatic carbocycles. The summed E-state index contributed by atoms with van der Waals surface area (Å²) in [6.07, 6.45) is 3.77. The molecular weight excluding hydrogens is 210 g/mol. The van der Waals surface area contributed by atoms with Crippen LogP contribution in [0.5, 0.6) is 0 Å². The van der Waals surface area contributed by atoms with E-state index in [0.29, 0.717) is 11.9 Å². The highest BCUT2D eigenvalue weighted by atomic mass is 35.5. The predicted octanol–water partition coefficient (Wildman–Crippen LogP) is 2.91. The summed E-state index contributed by atoms with van der Waals surface area (Å²) in [5.74, 6) is 1.51. The smallest absolute Gasteiger partial charge is 0.145 e. The van der Waals surface area contributed by atoms with Gasteiger partial charge in [0, 0.05) is 11.9 Å². The molecule has 0 saturated heterocycles. The molecular formula is C11H18ClN3. The first-order chi connectivity index (χ1) is 7.17. The monoisotopic (exact) mass is 227 g/mol. The van der Waals surface area contributed by atoms with Crippen LogP contribution < -0.4 is 5.32 Å². The van der Waals surface area contributed by atoms with Crippen molar-refractivity contribution in [1.82, 2.24) is 9.97 Å². The minimum absolute atomic E-state index is 0.388. The zero-order chi connectivity index (χ0) is 11.3. The molecule has 3 nitrogen and oxygen atoms in total. The average Bonchev–Trinajstić information content (AvgIpc) is 2.23. The fourth-order valence-electron chi connectivity index (χ4n) is 1.33. The topological polar surface area (TPSA) is 37.8 Å². The molecule has 1 aromatic rings. The summed E-state index contributed by atoms with van der Waals surface area (Å²) in [5.41, 5.74) is 1.95. The summed E-state index contributed by atoms with van der Waals surface area (Å²) in [6.45, 7) is 6.07. The Morgan fingerprint density at radius 2 is 2.13 bits per heavy atom. The number of nitrogens with one attached hydrogen (secondary N) is 1. The van der Waals surface area contributed by atoms with Crippen molar-refractivity contribution in [2.45, 2.75) is 39.7 Å². The Balaban J connectivity index is 2.66.